The molecule has 40 heavy (non-hydrogen) atoms. The molecule has 0 heterocycles. The van der Waals surface area contributed by atoms with Crippen LogP contribution in [0.4, 0.5) is 0 Å². The Morgan fingerprint density at radius 2 is 0.925 bits per heavy atom. The number of esters is 2. The molecule has 0 rings (SSSR count). The topological polar surface area (TPSA) is 52.6 Å². The zero-order valence-electron chi connectivity index (χ0n) is 27.4. The minimum atomic E-state index is -0.421. The Balaban J connectivity index is 0. The number of hydrogen-bond acceptors (Lipinski definition) is 4. The average Bonchev–Trinajstić information content (AvgIpc) is 2.87. The molecule has 0 spiro atoms. The summed E-state index contributed by atoms with van der Waals surface area (Å²) >= 11 is 0. The molecule has 0 aliphatic heterocycles. The van der Waals surface area contributed by atoms with Crippen LogP contribution >= 0.6 is 0 Å². The lowest BCUT2D eigenvalue weighted by Crippen LogP contribution is -3.00. The molecule has 0 aliphatic rings. The van der Waals surface area contributed by atoms with Gasteiger partial charge >= 0.3 is 11.9 Å². The average molecular weight is 590 g/mol. The largest absolute Gasteiger partial charge is 1.00 e. The Labute approximate surface area is 255 Å². The van der Waals surface area contributed by atoms with Crippen LogP contribution < -0.4 is 12.4 Å². The van der Waals surface area contributed by atoms with Gasteiger partial charge in [-0.2, -0.15) is 0 Å². The molecule has 1 atom stereocenters. The van der Waals surface area contributed by atoms with Crippen LogP contribution in [0.3, 0.4) is 0 Å². The van der Waals surface area contributed by atoms with Crippen molar-refractivity contribution >= 4 is 11.9 Å². The first-order valence-electron chi connectivity index (χ1n) is 16.9. The molecule has 0 fully saturated rings. The van der Waals surface area contributed by atoms with E-state index in [9.17, 15) is 9.59 Å². The number of carbonyl (C=O) groups excluding carboxylic acids is 2. The maximum Gasteiger partial charge on any atom is 0.309 e. The zero-order valence-corrected chi connectivity index (χ0v) is 28.2. The first kappa shape index (κ1) is 41.3. The number of rotatable bonds is 29. The summed E-state index contributed by atoms with van der Waals surface area (Å²) in [6.45, 7) is 5.59. The molecule has 0 N–H and O–H groups in total. The monoisotopic (exact) mass is 589 g/mol. The molecule has 0 radical (unpaired) electrons. The number of ether oxygens (including phenoxy) is 2. The highest BCUT2D eigenvalue weighted by atomic mass is 35.5. The van der Waals surface area contributed by atoms with Crippen LogP contribution in [-0.4, -0.2) is 56.8 Å². The Bertz CT molecular complexity index is 565. The highest BCUT2D eigenvalue weighted by Gasteiger charge is 2.25. The van der Waals surface area contributed by atoms with Crippen molar-refractivity contribution in [1.29, 1.82) is 0 Å². The summed E-state index contributed by atoms with van der Waals surface area (Å²) in [7, 11) is 6.17. The summed E-state index contributed by atoms with van der Waals surface area (Å²) in [6, 6.07) is 0. The first-order valence-corrected chi connectivity index (χ1v) is 16.9. The fourth-order valence-corrected chi connectivity index (χ4v) is 5.13. The van der Waals surface area contributed by atoms with Gasteiger partial charge in [-0.05, 0) is 12.8 Å². The van der Waals surface area contributed by atoms with Crippen molar-refractivity contribution in [3.05, 3.63) is 0 Å². The van der Waals surface area contributed by atoms with E-state index in [0.717, 1.165) is 25.7 Å². The second-order valence-corrected chi connectivity index (χ2v) is 12.8. The van der Waals surface area contributed by atoms with Gasteiger partial charge in [-0.3, -0.25) is 9.59 Å². The summed E-state index contributed by atoms with van der Waals surface area (Å²) in [5.74, 6) is -0.426. The number of carbonyl (C=O) groups is 2. The standard InChI is InChI=1S/C34H68NO4.ClH/c1-6-8-10-12-14-16-17-18-19-20-22-24-26-28-33(36)39-32(31-35(3,4)5)30-34(37)38-29-27-25-23-21-15-13-11-9-7-2;/h32H,6-31H2,1-5H3;1H/q+1;/p-1. The van der Waals surface area contributed by atoms with Gasteiger partial charge in [-0.15, -0.1) is 0 Å². The summed E-state index contributed by atoms with van der Waals surface area (Å²) in [6.07, 6.45) is 28.1. The summed E-state index contributed by atoms with van der Waals surface area (Å²) in [5.41, 5.74) is 0. The fourth-order valence-electron chi connectivity index (χ4n) is 5.13. The molecular weight excluding hydrogens is 522 g/mol. The molecule has 0 saturated heterocycles. The first-order chi connectivity index (χ1) is 18.8. The molecule has 1 unspecified atom stereocenters. The van der Waals surface area contributed by atoms with Gasteiger partial charge in [0.05, 0.1) is 34.2 Å². The van der Waals surface area contributed by atoms with Crippen LogP contribution in [0.2, 0.25) is 0 Å². The number of halogens is 1. The number of likely N-dealkylation sites (N-methyl/N-ethyl adjacent to an activating group) is 1. The number of nitrogens with zero attached hydrogens (tertiary/aromatic N) is 1. The van der Waals surface area contributed by atoms with Gasteiger partial charge in [-0.1, -0.05) is 142 Å². The van der Waals surface area contributed by atoms with E-state index in [1.54, 1.807) is 0 Å². The van der Waals surface area contributed by atoms with Gasteiger partial charge in [0.15, 0.2) is 6.10 Å². The van der Waals surface area contributed by atoms with Crippen LogP contribution in [0, 0.1) is 0 Å². The van der Waals surface area contributed by atoms with Crippen molar-refractivity contribution in [2.45, 2.75) is 174 Å². The maximum atomic E-state index is 12.5. The van der Waals surface area contributed by atoms with Crippen molar-refractivity contribution in [3.8, 4) is 0 Å². The van der Waals surface area contributed by atoms with E-state index in [1.807, 2.05) is 0 Å². The van der Waals surface area contributed by atoms with Crippen molar-refractivity contribution in [1.82, 2.24) is 0 Å². The molecule has 5 nitrogen and oxygen atoms in total. The second kappa shape index (κ2) is 29.7. The summed E-state index contributed by atoms with van der Waals surface area (Å²) in [4.78, 5) is 24.9. The molecule has 0 aliphatic carbocycles. The van der Waals surface area contributed by atoms with Gasteiger partial charge in [0.1, 0.15) is 6.54 Å². The van der Waals surface area contributed by atoms with E-state index in [1.165, 1.54) is 116 Å². The molecule has 0 bridgehead atoms. The number of hydrogen-bond donors (Lipinski definition) is 0. The van der Waals surface area contributed by atoms with Crippen LogP contribution in [0.5, 0.6) is 0 Å². The highest BCUT2D eigenvalue weighted by molar-refractivity contribution is 5.72. The van der Waals surface area contributed by atoms with Crippen LogP contribution in [0.25, 0.3) is 0 Å². The Morgan fingerprint density at radius 1 is 0.550 bits per heavy atom. The molecular formula is C34H68ClNO4. The van der Waals surface area contributed by atoms with Gasteiger partial charge in [-0.25, -0.2) is 0 Å². The molecule has 0 amide bonds. The zero-order chi connectivity index (χ0) is 29.0. The van der Waals surface area contributed by atoms with E-state index < -0.39 is 6.10 Å². The third kappa shape index (κ3) is 31.7. The van der Waals surface area contributed by atoms with Crippen LogP contribution in [-0.2, 0) is 19.1 Å². The number of quaternary nitrogens is 1. The van der Waals surface area contributed by atoms with Crippen molar-refractivity contribution in [2.75, 3.05) is 34.3 Å². The van der Waals surface area contributed by atoms with Gasteiger partial charge < -0.3 is 26.4 Å². The maximum absolute atomic E-state index is 12.5. The summed E-state index contributed by atoms with van der Waals surface area (Å²) in [5, 5.41) is 0. The molecule has 0 aromatic carbocycles. The minimum absolute atomic E-state index is 0. The fraction of sp³-hybridized carbons (Fsp3) is 0.941. The summed E-state index contributed by atoms with van der Waals surface area (Å²) < 4.78 is 11.9. The highest BCUT2D eigenvalue weighted by Crippen LogP contribution is 2.15. The quantitative estimate of drug-likeness (QED) is 0.0563. The molecule has 240 valence electrons. The second-order valence-electron chi connectivity index (χ2n) is 12.8. The molecule has 0 aromatic rings. The van der Waals surface area contributed by atoms with Crippen LogP contribution in [0.1, 0.15) is 168 Å². The van der Waals surface area contributed by atoms with E-state index in [-0.39, 0.29) is 30.8 Å². The lowest BCUT2D eigenvalue weighted by Gasteiger charge is -2.28. The van der Waals surface area contributed by atoms with E-state index in [0.29, 0.717) is 24.1 Å². The minimum Gasteiger partial charge on any atom is -1.00 e. The van der Waals surface area contributed by atoms with E-state index in [4.69, 9.17) is 9.47 Å². The SMILES string of the molecule is CCCCCCCCCCCCCCCC(=O)OC(CC(=O)OCCCCCCCCCCC)C[N+](C)(C)C.[Cl-]. The third-order valence-corrected chi connectivity index (χ3v) is 7.44. The molecule has 6 heteroatoms. The number of unbranched alkanes of at least 4 members (excludes halogenated alkanes) is 20. The van der Waals surface area contributed by atoms with E-state index in [2.05, 4.69) is 35.0 Å². The van der Waals surface area contributed by atoms with Gasteiger partial charge in [0.25, 0.3) is 0 Å². The Hall–Kier alpha value is -0.810. The van der Waals surface area contributed by atoms with Crippen molar-refractivity contribution in [3.63, 3.8) is 0 Å². The predicted octanol–water partition coefficient (Wildman–Crippen LogP) is 6.55. The molecule has 0 saturated carbocycles. The van der Waals surface area contributed by atoms with Crippen molar-refractivity contribution in [2.24, 2.45) is 0 Å². The lowest BCUT2D eigenvalue weighted by atomic mass is 10.0. The van der Waals surface area contributed by atoms with E-state index >= 15 is 0 Å². The van der Waals surface area contributed by atoms with Gasteiger partial charge in [0.2, 0.25) is 0 Å². The third-order valence-electron chi connectivity index (χ3n) is 7.44. The van der Waals surface area contributed by atoms with Crippen LogP contribution in [0.15, 0.2) is 0 Å². The Morgan fingerprint density at radius 3 is 1.32 bits per heavy atom. The normalized spacial score (nSPS) is 12.1. The lowest BCUT2D eigenvalue weighted by molar-refractivity contribution is -0.873. The Kier molecular flexibility index (Phi) is 30.7. The van der Waals surface area contributed by atoms with Gasteiger partial charge in [0, 0.05) is 6.42 Å². The smallest absolute Gasteiger partial charge is 0.309 e. The molecule has 0 aromatic heterocycles. The predicted molar refractivity (Wildman–Crippen MR) is 166 cm³/mol. The van der Waals surface area contributed by atoms with Crippen molar-refractivity contribution < 1.29 is 36.0 Å².